The van der Waals surface area contributed by atoms with Gasteiger partial charge in [-0.15, -0.1) is 0 Å². The van der Waals surface area contributed by atoms with Crippen molar-refractivity contribution in [3.05, 3.63) is 0 Å². The van der Waals surface area contributed by atoms with Crippen LogP contribution in [0.3, 0.4) is 0 Å². The van der Waals surface area contributed by atoms with Crippen LogP contribution < -0.4 is 0 Å². The van der Waals surface area contributed by atoms with E-state index < -0.39 is 10.2 Å². The smallest absolute Gasteiger partial charge is 0.282 e. The summed E-state index contributed by atoms with van der Waals surface area (Å²) in [4.78, 5) is 2.48. The van der Waals surface area contributed by atoms with Gasteiger partial charge in [0.2, 0.25) is 0 Å². The summed E-state index contributed by atoms with van der Waals surface area (Å²) in [5, 5.41) is 0. The Morgan fingerprint density at radius 2 is 1.91 bits per heavy atom. The first kappa shape index (κ1) is 16.6. The van der Waals surface area contributed by atoms with Crippen LogP contribution in [0.5, 0.6) is 0 Å². The number of hydrogen-bond donors (Lipinski definition) is 0. The van der Waals surface area contributed by atoms with Gasteiger partial charge in [0.1, 0.15) is 0 Å². The summed E-state index contributed by atoms with van der Waals surface area (Å²) >= 11 is 0. The van der Waals surface area contributed by atoms with Crippen molar-refractivity contribution in [2.45, 2.75) is 57.2 Å². The summed E-state index contributed by atoms with van der Waals surface area (Å²) in [5.74, 6) is 0. The van der Waals surface area contributed by atoms with Crippen LogP contribution in [0.2, 0.25) is 0 Å². The van der Waals surface area contributed by atoms with E-state index in [1.807, 2.05) is 0 Å². The molecule has 0 N–H and O–H groups in total. The number of rotatable bonds is 4. The molecule has 0 aromatic rings. The third kappa shape index (κ3) is 3.06. The second-order valence-corrected chi connectivity index (χ2v) is 8.73. The average molecular weight is 331 g/mol. The van der Waals surface area contributed by atoms with E-state index in [0.717, 1.165) is 38.8 Å². The van der Waals surface area contributed by atoms with Gasteiger partial charge in [0.15, 0.2) is 0 Å². The maximum absolute atomic E-state index is 13.1. The highest BCUT2D eigenvalue weighted by Gasteiger charge is 2.43. The van der Waals surface area contributed by atoms with E-state index in [1.54, 1.807) is 15.7 Å². The zero-order chi connectivity index (χ0) is 15.7. The first-order chi connectivity index (χ1) is 10.5. The molecule has 22 heavy (non-hydrogen) atoms. The van der Waals surface area contributed by atoms with Gasteiger partial charge in [-0.1, -0.05) is 6.92 Å². The van der Waals surface area contributed by atoms with Crippen molar-refractivity contribution in [3.8, 4) is 0 Å². The van der Waals surface area contributed by atoms with Crippen LogP contribution in [0.1, 0.15) is 39.0 Å². The highest BCUT2D eigenvalue weighted by molar-refractivity contribution is 7.86. The lowest BCUT2D eigenvalue weighted by Crippen LogP contribution is -2.61. The molecule has 6 nitrogen and oxygen atoms in total. The molecule has 7 heteroatoms. The number of fused-ring (bicyclic) bond motifs is 1. The van der Waals surface area contributed by atoms with Crippen molar-refractivity contribution < 1.29 is 13.2 Å². The molecule has 0 spiro atoms. The van der Waals surface area contributed by atoms with Crippen LogP contribution in [-0.2, 0) is 14.9 Å². The summed E-state index contributed by atoms with van der Waals surface area (Å²) in [6.45, 7) is 6.11. The zero-order valence-corrected chi connectivity index (χ0v) is 14.6. The van der Waals surface area contributed by atoms with Crippen LogP contribution in [0.15, 0.2) is 0 Å². The Labute approximate surface area is 134 Å². The van der Waals surface area contributed by atoms with Gasteiger partial charge in [0.05, 0.1) is 0 Å². The van der Waals surface area contributed by atoms with Crippen molar-refractivity contribution in [1.29, 1.82) is 0 Å². The van der Waals surface area contributed by atoms with Crippen molar-refractivity contribution >= 4 is 10.2 Å². The Morgan fingerprint density at radius 1 is 1.18 bits per heavy atom. The molecule has 3 fully saturated rings. The molecule has 3 rings (SSSR count). The Hall–Kier alpha value is -0.210. The van der Waals surface area contributed by atoms with Gasteiger partial charge in [0.25, 0.3) is 10.2 Å². The van der Waals surface area contributed by atoms with E-state index in [2.05, 4.69) is 11.8 Å². The van der Waals surface area contributed by atoms with E-state index in [0.29, 0.717) is 25.8 Å². The second kappa shape index (κ2) is 6.73. The van der Waals surface area contributed by atoms with Crippen molar-refractivity contribution in [2.24, 2.45) is 0 Å². The minimum Gasteiger partial charge on any atom is -0.381 e. The molecule has 0 radical (unpaired) electrons. The highest BCUT2D eigenvalue weighted by atomic mass is 32.2. The normalized spacial score (nSPS) is 32.5. The summed E-state index contributed by atoms with van der Waals surface area (Å²) in [7, 11) is -1.63. The molecule has 3 saturated heterocycles. The van der Waals surface area contributed by atoms with E-state index in [1.165, 1.54) is 6.42 Å². The Morgan fingerprint density at radius 3 is 2.59 bits per heavy atom. The van der Waals surface area contributed by atoms with Crippen LogP contribution in [0.25, 0.3) is 0 Å². The predicted molar refractivity (Wildman–Crippen MR) is 85.9 cm³/mol. The number of hydrogen-bond acceptors (Lipinski definition) is 4. The van der Waals surface area contributed by atoms with Gasteiger partial charge in [0, 0.05) is 51.5 Å². The molecule has 0 aromatic heterocycles. The molecule has 128 valence electrons. The third-order valence-electron chi connectivity index (χ3n) is 5.58. The van der Waals surface area contributed by atoms with Gasteiger partial charge < -0.3 is 4.74 Å². The molecule has 3 aliphatic rings. The number of nitrogens with zero attached hydrogens (tertiary/aromatic N) is 3. The largest absolute Gasteiger partial charge is 0.381 e. The topological polar surface area (TPSA) is 53.1 Å². The van der Waals surface area contributed by atoms with Crippen LogP contribution in [0, 0.1) is 0 Å². The molecule has 0 unspecified atom stereocenters. The molecule has 0 aromatic carbocycles. The summed E-state index contributed by atoms with van der Waals surface area (Å²) < 4.78 is 35.0. The molecular weight excluding hydrogens is 302 g/mol. The summed E-state index contributed by atoms with van der Waals surface area (Å²) in [6.07, 6.45) is 4.81. The molecule has 3 heterocycles. The van der Waals surface area contributed by atoms with Crippen LogP contribution >= 0.6 is 0 Å². The Bertz CT molecular complexity index is 478. The van der Waals surface area contributed by atoms with Gasteiger partial charge in [-0.05, 0) is 38.6 Å². The van der Waals surface area contributed by atoms with E-state index in [9.17, 15) is 8.42 Å². The fourth-order valence-electron chi connectivity index (χ4n) is 4.08. The van der Waals surface area contributed by atoms with Crippen molar-refractivity contribution in [2.75, 3.05) is 39.9 Å². The quantitative estimate of drug-likeness (QED) is 0.768. The van der Waals surface area contributed by atoms with Gasteiger partial charge in [-0.2, -0.15) is 17.0 Å². The van der Waals surface area contributed by atoms with Gasteiger partial charge in [-0.25, -0.2) is 0 Å². The first-order valence-corrected chi connectivity index (χ1v) is 10.00. The Balaban J connectivity index is 1.76. The molecule has 0 aliphatic carbocycles. The van der Waals surface area contributed by atoms with Crippen LogP contribution in [-0.4, -0.2) is 79.9 Å². The SMILES string of the molecule is CC[C@@H]1CN2CCC[C@H]2CN1S(=O)(=O)N(C)C1CCOCC1. The third-order valence-corrected chi connectivity index (χ3v) is 7.64. The first-order valence-electron chi connectivity index (χ1n) is 8.60. The van der Waals surface area contributed by atoms with Gasteiger partial charge in [-0.3, -0.25) is 4.90 Å². The second-order valence-electron chi connectivity index (χ2n) is 6.79. The Kier molecular flexibility index (Phi) is 5.09. The summed E-state index contributed by atoms with van der Waals surface area (Å²) in [6, 6.07) is 0.611. The lowest BCUT2D eigenvalue weighted by atomic mass is 10.1. The standard InChI is InChI=1S/C15H29N3O3S/c1-3-13-11-17-8-4-5-15(17)12-18(13)22(19,20)16(2)14-6-9-21-10-7-14/h13-15H,3-12H2,1-2H3/t13-,15+/m1/s1. The molecule has 2 atom stereocenters. The number of piperazine rings is 1. The maximum Gasteiger partial charge on any atom is 0.282 e. The fraction of sp³-hybridized carbons (Fsp3) is 1.00. The maximum atomic E-state index is 13.1. The lowest BCUT2D eigenvalue weighted by Gasteiger charge is -2.45. The molecule has 0 bridgehead atoms. The minimum absolute atomic E-state index is 0.0814. The molecular formula is C15H29N3O3S. The summed E-state index contributed by atoms with van der Waals surface area (Å²) in [5.41, 5.74) is 0. The molecule has 3 aliphatic heterocycles. The van der Waals surface area contributed by atoms with E-state index in [-0.39, 0.29) is 12.1 Å². The molecule has 0 saturated carbocycles. The highest BCUT2D eigenvalue weighted by Crippen LogP contribution is 2.29. The number of ether oxygens (including phenoxy) is 1. The van der Waals surface area contributed by atoms with E-state index >= 15 is 0 Å². The fourth-order valence-corrected chi connectivity index (χ4v) is 5.95. The minimum atomic E-state index is -3.38. The van der Waals surface area contributed by atoms with E-state index in [4.69, 9.17) is 4.74 Å². The van der Waals surface area contributed by atoms with Crippen LogP contribution in [0.4, 0.5) is 0 Å². The zero-order valence-electron chi connectivity index (χ0n) is 13.8. The average Bonchev–Trinajstić information content (AvgIpc) is 3.01. The van der Waals surface area contributed by atoms with Crippen molar-refractivity contribution in [3.63, 3.8) is 0 Å². The predicted octanol–water partition coefficient (Wildman–Crippen LogP) is 0.901. The molecule has 0 amide bonds. The van der Waals surface area contributed by atoms with Gasteiger partial charge >= 0.3 is 0 Å². The lowest BCUT2D eigenvalue weighted by molar-refractivity contribution is 0.0574. The monoisotopic (exact) mass is 331 g/mol. The van der Waals surface area contributed by atoms with Crippen molar-refractivity contribution in [1.82, 2.24) is 13.5 Å².